The van der Waals surface area contributed by atoms with Crippen LogP contribution in [-0.4, -0.2) is 24.7 Å². The number of amides is 1. The molecule has 0 aromatic heterocycles. The minimum absolute atomic E-state index is 0.170. The summed E-state index contributed by atoms with van der Waals surface area (Å²) in [5.41, 5.74) is 1.05. The fourth-order valence-electron chi connectivity index (χ4n) is 2.11. The zero-order valence-corrected chi connectivity index (χ0v) is 14.1. The van der Waals surface area contributed by atoms with Crippen molar-refractivity contribution >= 4 is 5.91 Å². The summed E-state index contributed by atoms with van der Waals surface area (Å²) in [7, 11) is 0. The van der Waals surface area contributed by atoms with E-state index in [4.69, 9.17) is 9.47 Å². The highest BCUT2D eigenvalue weighted by atomic mass is 19.1. The standard InChI is InChI=1S/C19H22FNO3/c1-13-6-4-5-7-18(13)23-12-14(2)21-19(22)15(3)24-17-10-8-16(20)9-11-17/h4-11,14-15H,12H2,1-3H3,(H,21,22)/t14-,15-/m1/s1. The zero-order valence-electron chi connectivity index (χ0n) is 14.1. The second-order valence-electron chi connectivity index (χ2n) is 5.70. The smallest absolute Gasteiger partial charge is 0.261 e. The molecule has 1 N–H and O–H groups in total. The first-order valence-electron chi connectivity index (χ1n) is 7.86. The van der Waals surface area contributed by atoms with E-state index in [1.807, 2.05) is 38.1 Å². The summed E-state index contributed by atoms with van der Waals surface area (Å²) >= 11 is 0. The van der Waals surface area contributed by atoms with Gasteiger partial charge < -0.3 is 14.8 Å². The Kier molecular flexibility index (Phi) is 6.18. The average Bonchev–Trinajstić information content (AvgIpc) is 2.56. The topological polar surface area (TPSA) is 47.6 Å². The summed E-state index contributed by atoms with van der Waals surface area (Å²) < 4.78 is 24.1. The summed E-state index contributed by atoms with van der Waals surface area (Å²) in [6.45, 7) is 5.84. The highest BCUT2D eigenvalue weighted by Crippen LogP contribution is 2.16. The second-order valence-corrected chi connectivity index (χ2v) is 5.70. The van der Waals surface area contributed by atoms with Crippen molar-refractivity contribution in [3.63, 3.8) is 0 Å². The van der Waals surface area contributed by atoms with Crippen LogP contribution in [0.25, 0.3) is 0 Å². The van der Waals surface area contributed by atoms with Gasteiger partial charge in [0, 0.05) is 0 Å². The van der Waals surface area contributed by atoms with Crippen molar-refractivity contribution in [2.24, 2.45) is 0 Å². The monoisotopic (exact) mass is 331 g/mol. The van der Waals surface area contributed by atoms with Gasteiger partial charge in [-0.25, -0.2) is 4.39 Å². The van der Waals surface area contributed by atoms with Gasteiger partial charge in [0.2, 0.25) is 0 Å². The maximum atomic E-state index is 12.9. The van der Waals surface area contributed by atoms with Gasteiger partial charge >= 0.3 is 0 Å². The van der Waals surface area contributed by atoms with Crippen LogP contribution in [0.4, 0.5) is 4.39 Å². The van der Waals surface area contributed by atoms with Crippen LogP contribution in [0.1, 0.15) is 19.4 Å². The van der Waals surface area contributed by atoms with Gasteiger partial charge in [0.25, 0.3) is 5.91 Å². The van der Waals surface area contributed by atoms with Crippen molar-refractivity contribution in [1.82, 2.24) is 5.32 Å². The number of aryl methyl sites for hydroxylation is 1. The first kappa shape index (κ1) is 17.8. The Labute approximate surface area is 141 Å². The molecule has 0 heterocycles. The van der Waals surface area contributed by atoms with Crippen LogP contribution < -0.4 is 14.8 Å². The lowest BCUT2D eigenvalue weighted by Gasteiger charge is -2.19. The van der Waals surface area contributed by atoms with Gasteiger partial charge in [-0.05, 0) is 56.7 Å². The molecule has 0 unspecified atom stereocenters. The van der Waals surface area contributed by atoms with Crippen molar-refractivity contribution in [1.29, 1.82) is 0 Å². The molecule has 24 heavy (non-hydrogen) atoms. The lowest BCUT2D eigenvalue weighted by atomic mass is 10.2. The molecule has 5 heteroatoms. The lowest BCUT2D eigenvalue weighted by molar-refractivity contribution is -0.128. The number of carbonyl (C=O) groups excluding carboxylic acids is 1. The third-order valence-corrected chi connectivity index (χ3v) is 3.47. The number of halogens is 1. The molecular formula is C19H22FNO3. The quantitative estimate of drug-likeness (QED) is 0.845. The van der Waals surface area contributed by atoms with E-state index in [1.54, 1.807) is 6.92 Å². The van der Waals surface area contributed by atoms with E-state index < -0.39 is 6.10 Å². The molecule has 0 aliphatic carbocycles. The number of ether oxygens (including phenoxy) is 2. The van der Waals surface area contributed by atoms with Crippen molar-refractivity contribution in [3.05, 3.63) is 59.9 Å². The number of hydrogen-bond donors (Lipinski definition) is 1. The number of hydrogen-bond acceptors (Lipinski definition) is 3. The fourth-order valence-corrected chi connectivity index (χ4v) is 2.11. The van der Waals surface area contributed by atoms with Crippen LogP contribution in [-0.2, 0) is 4.79 Å². The Morgan fingerprint density at radius 3 is 2.46 bits per heavy atom. The van der Waals surface area contributed by atoms with Crippen molar-refractivity contribution in [2.75, 3.05) is 6.61 Å². The molecule has 2 atom stereocenters. The van der Waals surface area contributed by atoms with Gasteiger partial charge in [0.15, 0.2) is 6.10 Å². The van der Waals surface area contributed by atoms with E-state index in [0.29, 0.717) is 12.4 Å². The predicted octanol–water partition coefficient (Wildman–Crippen LogP) is 3.49. The summed E-state index contributed by atoms with van der Waals surface area (Å²) in [4.78, 5) is 12.1. The zero-order chi connectivity index (χ0) is 17.5. The van der Waals surface area contributed by atoms with E-state index in [2.05, 4.69) is 5.32 Å². The molecule has 0 radical (unpaired) electrons. The van der Waals surface area contributed by atoms with E-state index >= 15 is 0 Å². The van der Waals surface area contributed by atoms with Crippen molar-refractivity contribution < 1.29 is 18.7 Å². The van der Waals surface area contributed by atoms with Gasteiger partial charge in [-0.3, -0.25) is 4.79 Å². The number of carbonyl (C=O) groups is 1. The summed E-state index contributed by atoms with van der Waals surface area (Å²) in [6.07, 6.45) is -0.684. The maximum Gasteiger partial charge on any atom is 0.261 e. The summed E-state index contributed by atoms with van der Waals surface area (Å²) in [6, 6.07) is 13.1. The number of para-hydroxylation sites is 1. The molecule has 0 saturated carbocycles. The third-order valence-electron chi connectivity index (χ3n) is 3.47. The Morgan fingerprint density at radius 2 is 1.79 bits per heavy atom. The summed E-state index contributed by atoms with van der Waals surface area (Å²) in [5.74, 6) is 0.652. The highest BCUT2D eigenvalue weighted by molar-refractivity contribution is 5.80. The second kappa shape index (κ2) is 8.34. The third kappa shape index (κ3) is 5.26. The molecule has 0 saturated heterocycles. The van der Waals surface area contributed by atoms with E-state index in [9.17, 15) is 9.18 Å². The molecule has 1 amide bonds. The predicted molar refractivity (Wildman–Crippen MR) is 90.8 cm³/mol. The highest BCUT2D eigenvalue weighted by Gasteiger charge is 2.17. The van der Waals surface area contributed by atoms with Crippen molar-refractivity contribution in [2.45, 2.75) is 32.9 Å². The molecule has 0 spiro atoms. The molecule has 0 aliphatic heterocycles. The van der Waals surface area contributed by atoms with Crippen molar-refractivity contribution in [3.8, 4) is 11.5 Å². The molecule has 0 fully saturated rings. The van der Waals surface area contributed by atoms with Crippen LogP contribution in [0.3, 0.4) is 0 Å². The first-order valence-corrected chi connectivity index (χ1v) is 7.86. The molecule has 0 bridgehead atoms. The summed E-state index contributed by atoms with van der Waals surface area (Å²) in [5, 5.41) is 2.84. The van der Waals surface area contributed by atoms with Gasteiger partial charge in [-0.1, -0.05) is 18.2 Å². The van der Waals surface area contributed by atoms with Crippen LogP contribution in [0.15, 0.2) is 48.5 Å². The minimum Gasteiger partial charge on any atom is -0.491 e. The maximum absolute atomic E-state index is 12.9. The number of rotatable bonds is 7. The fraction of sp³-hybridized carbons (Fsp3) is 0.316. The Bertz CT molecular complexity index is 673. The minimum atomic E-state index is -0.684. The van der Waals surface area contributed by atoms with E-state index in [-0.39, 0.29) is 17.8 Å². The molecule has 128 valence electrons. The molecule has 0 aliphatic rings. The average molecular weight is 331 g/mol. The van der Waals surface area contributed by atoms with Crippen LogP contribution in [0.2, 0.25) is 0 Å². The Balaban J connectivity index is 1.80. The van der Waals surface area contributed by atoms with E-state index in [1.165, 1.54) is 24.3 Å². The largest absolute Gasteiger partial charge is 0.491 e. The lowest BCUT2D eigenvalue weighted by Crippen LogP contribution is -2.43. The van der Waals surface area contributed by atoms with Gasteiger partial charge in [0.05, 0.1) is 6.04 Å². The van der Waals surface area contributed by atoms with Gasteiger partial charge in [0.1, 0.15) is 23.9 Å². The molecule has 2 rings (SSSR count). The normalized spacial score (nSPS) is 13.0. The first-order chi connectivity index (χ1) is 11.5. The van der Waals surface area contributed by atoms with Gasteiger partial charge in [-0.15, -0.1) is 0 Å². The Hall–Kier alpha value is -2.56. The van der Waals surface area contributed by atoms with Gasteiger partial charge in [-0.2, -0.15) is 0 Å². The molecule has 2 aromatic rings. The van der Waals surface area contributed by atoms with E-state index in [0.717, 1.165) is 11.3 Å². The molecular weight excluding hydrogens is 309 g/mol. The van der Waals surface area contributed by atoms with Crippen LogP contribution in [0, 0.1) is 12.7 Å². The van der Waals surface area contributed by atoms with Crippen LogP contribution >= 0.6 is 0 Å². The molecule has 2 aromatic carbocycles. The number of nitrogens with one attached hydrogen (secondary N) is 1. The SMILES string of the molecule is Cc1ccccc1OC[C@@H](C)NC(=O)[C@@H](C)Oc1ccc(F)cc1. The van der Waals surface area contributed by atoms with Crippen LogP contribution in [0.5, 0.6) is 11.5 Å². The number of benzene rings is 2. The molecule has 4 nitrogen and oxygen atoms in total. The Morgan fingerprint density at radius 1 is 1.12 bits per heavy atom.